The fourth-order valence-corrected chi connectivity index (χ4v) is 13.9. The van der Waals surface area contributed by atoms with Crippen molar-refractivity contribution in [2.24, 2.45) is 62.1 Å². The lowest BCUT2D eigenvalue weighted by molar-refractivity contribution is -0.235. The molecule has 0 amide bonds. The Kier molecular flexibility index (Phi) is 10.3. The first-order chi connectivity index (χ1) is 23.7. The van der Waals surface area contributed by atoms with E-state index in [1.807, 2.05) is 0 Å². The number of aliphatic carboxylic acids is 1. The van der Waals surface area contributed by atoms with Gasteiger partial charge in [-0.25, -0.2) is 0 Å². The van der Waals surface area contributed by atoms with Crippen LogP contribution in [0.3, 0.4) is 0 Å². The maximum absolute atomic E-state index is 14.0. The Bertz CT molecular complexity index is 1410. The SMILES string of the molecule is CC(C)C1=C2[C@H]3CC[C@@H]4[C@@]5(C)CC[C@H](OC(=O)CC(C)(C)C(=O)O)C(C)(C)[C@@H]5CC[C@@]4(C)[C@]3(C)CC[C@@]2([C@H](O)CNCC2CCCCC2)CC1=O. The van der Waals surface area contributed by atoms with E-state index in [1.165, 1.54) is 37.7 Å². The van der Waals surface area contributed by atoms with Crippen molar-refractivity contribution < 1.29 is 29.3 Å². The molecule has 0 radical (unpaired) electrons. The highest BCUT2D eigenvalue weighted by molar-refractivity contribution is 6.00. The van der Waals surface area contributed by atoms with Gasteiger partial charge in [-0.05, 0) is 136 Å². The van der Waals surface area contributed by atoms with E-state index in [2.05, 4.69) is 53.8 Å². The lowest BCUT2D eigenvalue weighted by Crippen LogP contribution is -2.66. The highest BCUT2D eigenvalue weighted by Crippen LogP contribution is 2.77. The molecule has 6 aliphatic carbocycles. The Morgan fingerprint density at radius 1 is 0.882 bits per heavy atom. The van der Waals surface area contributed by atoms with E-state index < -0.39 is 28.9 Å². The summed E-state index contributed by atoms with van der Waals surface area (Å²) in [6.45, 7) is 21.3. The summed E-state index contributed by atoms with van der Waals surface area (Å²) in [4.78, 5) is 38.9. The number of aliphatic hydroxyl groups is 1. The second-order valence-electron chi connectivity index (χ2n) is 20.7. The molecule has 6 rings (SSSR count). The fourth-order valence-electron chi connectivity index (χ4n) is 13.9. The maximum Gasteiger partial charge on any atom is 0.309 e. The molecular weight excluding hydrogens is 638 g/mol. The van der Waals surface area contributed by atoms with Gasteiger partial charge in [0.2, 0.25) is 0 Å². The van der Waals surface area contributed by atoms with E-state index >= 15 is 0 Å². The third kappa shape index (κ3) is 6.18. The zero-order chi connectivity index (χ0) is 37.4. The molecule has 0 spiro atoms. The molecule has 0 unspecified atom stereocenters. The van der Waals surface area contributed by atoms with Crippen LogP contribution in [0.4, 0.5) is 0 Å². The van der Waals surface area contributed by atoms with Gasteiger partial charge < -0.3 is 20.3 Å². The number of ketones is 1. The van der Waals surface area contributed by atoms with Crippen molar-refractivity contribution in [3.05, 3.63) is 11.1 Å². The van der Waals surface area contributed by atoms with Crippen LogP contribution < -0.4 is 5.32 Å². The summed E-state index contributed by atoms with van der Waals surface area (Å²) in [5.74, 6) is 0.944. The van der Waals surface area contributed by atoms with Crippen LogP contribution >= 0.6 is 0 Å². The van der Waals surface area contributed by atoms with Crippen LogP contribution in [0.1, 0.15) is 159 Å². The minimum Gasteiger partial charge on any atom is -0.481 e. The van der Waals surface area contributed by atoms with Gasteiger partial charge in [0.1, 0.15) is 6.10 Å². The summed E-state index contributed by atoms with van der Waals surface area (Å²) in [5, 5.41) is 25.5. The quantitative estimate of drug-likeness (QED) is 0.194. The minimum absolute atomic E-state index is 0.0264. The van der Waals surface area contributed by atoms with E-state index in [4.69, 9.17) is 4.74 Å². The molecule has 7 nitrogen and oxygen atoms in total. The second-order valence-corrected chi connectivity index (χ2v) is 20.7. The van der Waals surface area contributed by atoms with Crippen LogP contribution in [0.2, 0.25) is 0 Å². The number of rotatable bonds is 10. The van der Waals surface area contributed by atoms with Crippen molar-refractivity contribution in [1.82, 2.24) is 5.32 Å². The average molecular weight is 710 g/mol. The number of aliphatic hydroxyl groups excluding tert-OH is 1. The lowest BCUT2D eigenvalue weighted by atomic mass is 9.33. The molecule has 288 valence electrons. The van der Waals surface area contributed by atoms with E-state index in [0.717, 1.165) is 63.5 Å². The number of carboxylic acids is 1. The number of carbonyl (C=O) groups excluding carboxylic acids is 2. The number of carbonyl (C=O) groups is 3. The number of fused-ring (bicyclic) bond motifs is 7. The van der Waals surface area contributed by atoms with Crippen molar-refractivity contribution in [3.63, 3.8) is 0 Å². The molecule has 7 heteroatoms. The Labute approximate surface area is 308 Å². The molecule has 0 heterocycles. The first kappa shape index (κ1) is 39.0. The number of nitrogens with one attached hydrogen (secondary N) is 1. The average Bonchev–Trinajstić information content (AvgIpc) is 3.36. The topological polar surface area (TPSA) is 113 Å². The number of esters is 1. The molecule has 3 N–H and O–H groups in total. The highest BCUT2D eigenvalue weighted by atomic mass is 16.5. The van der Waals surface area contributed by atoms with E-state index in [1.54, 1.807) is 13.8 Å². The first-order valence-electron chi connectivity index (χ1n) is 20.8. The molecule has 0 aromatic rings. The molecule has 51 heavy (non-hydrogen) atoms. The Balaban J connectivity index is 1.25. The lowest BCUT2D eigenvalue weighted by Gasteiger charge is -2.72. The Hall–Kier alpha value is -1.73. The van der Waals surface area contributed by atoms with E-state index in [-0.39, 0.29) is 45.9 Å². The van der Waals surface area contributed by atoms with Crippen LogP contribution in [-0.2, 0) is 19.1 Å². The van der Waals surface area contributed by atoms with Gasteiger partial charge in [-0.1, -0.05) is 73.3 Å². The molecule has 0 aromatic heterocycles. The van der Waals surface area contributed by atoms with Crippen LogP contribution in [0.15, 0.2) is 11.1 Å². The van der Waals surface area contributed by atoms with E-state index in [9.17, 15) is 24.6 Å². The molecule has 5 fully saturated rings. The monoisotopic (exact) mass is 710 g/mol. The second kappa shape index (κ2) is 13.5. The summed E-state index contributed by atoms with van der Waals surface area (Å²) in [5.41, 5.74) is 0.747. The zero-order valence-corrected chi connectivity index (χ0v) is 33.6. The zero-order valence-electron chi connectivity index (χ0n) is 33.6. The Morgan fingerprint density at radius 2 is 1.57 bits per heavy atom. The van der Waals surface area contributed by atoms with Crippen molar-refractivity contribution in [3.8, 4) is 0 Å². The van der Waals surface area contributed by atoms with Crippen LogP contribution in [0.25, 0.3) is 0 Å². The van der Waals surface area contributed by atoms with Crippen molar-refractivity contribution >= 4 is 17.7 Å². The van der Waals surface area contributed by atoms with Gasteiger partial charge in [0.05, 0.1) is 17.9 Å². The number of hydrogen-bond donors (Lipinski definition) is 3. The largest absolute Gasteiger partial charge is 0.481 e. The number of ether oxygens (including phenoxy) is 1. The summed E-state index contributed by atoms with van der Waals surface area (Å²) >= 11 is 0. The molecule has 0 bridgehead atoms. The summed E-state index contributed by atoms with van der Waals surface area (Å²) in [6.07, 6.45) is 14.2. The molecule has 0 aromatic carbocycles. The number of carboxylic acid groups (broad SMARTS) is 1. The van der Waals surface area contributed by atoms with Gasteiger partial charge in [0.15, 0.2) is 5.78 Å². The van der Waals surface area contributed by atoms with Gasteiger partial charge in [0, 0.05) is 23.8 Å². The van der Waals surface area contributed by atoms with Gasteiger partial charge in [0.25, 0.3) is 0 Å². The van der Waals surface area contributed by atoms with Crippen molar-refractivity contribution in [2.75, 3.05) is 13.1 Å². The summed E-state index contributed by atoms with van der Waals surface area (Å²) < 4.78 is 6.17. The van der Waals surface area contributed by atoms with Gasteiger partial charge in [-0.15, -0.1) is 0 Å². The van der Waals surface area contributed by atoms with Crippen molar-refractivity contribution in [1.29, 1.82) is 0 Å². The first-order valence-corrected chi connectivity index (χ1v) is 20.8. The number of allylic oxidation sites excluding steroid dienone is 1. The predicted octanol–water partition coefficient (Wildman–Crippen LogP) is 8.91. The van der Waals surface area contributed by atoms with Gasteiger partial charge in [-0.3, -0.25) is 14.4 Å². The highest BCUT2D eigenvalue weighted by Gasteiger charge is 2.70. The standard InChI is InChI=1S/C44H71NO6/c1-27(2)36-30(46)23-44(33(47)26-45-25-28-13-11-10-12-14-28)22-21-42(8)29(37(36)44)15-16-32-41(7)19-18-34(51-35(48)24-39(3,4)38(49)50)40(5,6)31(41)17-20-43(32,42)9/h27-29,31-34,45,47H,10-26H2,1-9H3,(H,49,50)/t29-,31+,32-,33-,34+,41+,42-,43-,44+/m1/s1. The smallest absolute Gasteiger partial charge is 0.309 e. The fraction of sp³-hybridized carbons (Fsp3) is 0.886. The van der Waals surface area contributed by atoms with Gasteiger partial charge >= 0.3 is 11.9 Å². The van der Waals surface area contributed by atoms with Crippen molar-refractivity contribution in [2.45, 2.75) is 171 Å². The number of Topliss-reactive ketones (excluding diaryl/α,β-unsaturated/α-hetero) is 1. The number of hydrogen-bond acceptors (Lipinski definition) is 6. The molecule has 6 aliphatic rings. The van der Waals surface area contributed by atoms with Crippen LogP contribution in [0.5, 0.6) is 0 Å². The molecule has 9 atom stereocenters. The predicted molar refractivity (Wildman–Crippen MR) is 201 cm³/mol. The van der Waals surface area contributed by atoms with E-state index in [0.29, 0.717) is 36.6 Å². The van der Waals surface area contributed by atoms with Gasteiger partial charge in [-0.2, -0.15) is 0 Å². The normalized spacial score (nSPS) is 40.3. The third-order valence-corrected chi connectivity index (χ3v) is 17.0. The summed E-state index contributed by atoms with van der Waals surface area (Å²) in [6, 6.07) is 0. The Morgan fingerprint density at radius 3 is 2.22 bits per heavy atom. The maximum atomic E-state index is 14.0. The molecule has 5 saturated carbocycles. The molecular formula is C44H71NO6. The minimum atomic E-state index is -1.15. The molecule has 0 saturated heterocycles. The summed E-state index contributed by atoms with van der Waals surface area (Å²) in [7, 11) is 0. The third-order valence-electron chi connectivity index (χ3n) is 17.0. The van der Waals surface area contributed by atoms with Crippen LogP contribution in [0, 0.1) is 62.1 Å². The van der Waals surface area contributed by atoms with Crippen LogP contribution in [-0.4, -0.2) is 53.2 Å². The molecule has 0 aliphatic heterocycles.